The molecule has 0 atom stereocenters. The molecule has 0 saturated carbocycles. The zero-order valence-corrected chi connectivity index (χ0v) is 13.0. The van der Waals surface area contributed by atoms with Gasteiger partial charge in [0.15, 0.2) is 0 Å². The van der Waals surface area contributed by atoms with Crippen molar-refractivity contribution < 1.29 is 4.79 Å². The fourth-order valence-electron chi connectivity index (χ4n) is 1.30. The van der Waals surface area contributed by atoms with E-state index in [1.54, 1.807) is 6.07 Å². The third-order valence-corrected chi connectivity index (χ3v) is 4.10. The van der Waals surface area contributed by atoms with E-state index in [-0.39, 0.29) is 5.91 Å². The number of halogens is 1. The van der Waals surface area contributed by atoms with E-state index in [1.807, 2.05) is 23.9 Å². The molecule has 0 aliphatic heterocycles. The van der Waals surface area contributed by atoms with Gasteiger partial charge < -0.3 is 5.32 Å². The van der Waals surface area contributed by atoms with E-state index in [1.165, 1.54) is 0 Å². The highest BCUT2D eigenvalue weighted by Gasteiger charge is 2.09. The van der Waals surface area contributed by atoms with Crippen LogP contribution in [0.1, 0.15) is 23.7 Å². The summed E-state index contributed by atoms with van der Waals surface area (Å²) in [5.41, 5.74) is 0.639. The maximum atomic E-state index is 11.9. The van der Waals surface area contributed by atoms with Crippen molar-refractivity contribution in [3.8, 4) is 0 Å². The summed E-state index contributed by atoms with van der Waals surface area (Å²) < 4.78 is 0.802. The first-order chi connectivity index (χ1) is 8.15. The summed E-state index contributed by atoms with van der Waals surface area (Å²) in [5, 5.41) is 2.91. The zero-order chi connectivity index (χ0) is 12.7. The predicted molar refractivity (Wildman–Crippen MR) is 81.3 cm³/mol. The first-order valence-electron chi connectivity index (χ1n) is 5.49. The lowest BCUT2D eigenvalue weighted by atomic mass is 10.2. The van der Waals surface area contributed by atoms with Crippen LogP contribution in [0.4, 0.5) is 0 Å². The van der Waals surface area contributed by atoms with E-state index in [2.05, 4.69) is 40.8 Å². The van der Waals surface area contributed by atoms with Crippen LogP contribution in [0.15, 0.2) is 27.6 Å². The molecular formula is C12H16BrNOS2. The van der Waals surface area contributed by atoms with Crippen LogP contribution in [0.3, 0.4) is 0 Å². The maximum Gasteiger partial charge on any atom is 0.252 e. The summed E-state index contributed by atoms with van der Waals surface area (Å²) >= 11 is 9.48. The van der Waals surface area contributed by atoms with Crippen molar-refractivity contribution in [3.63, 3.8) is 0 Å². The number of carbonyl (C=O) groups is 1. The topological polar surface area (TPSA) is 29.1 Å². The van der Waals surface area contributed by atoms with Gasteiger partial charge in [0.1, 0.15) is 0 Å². The van der Waals surface area contributed by atoms with E-state index in [0.29, 0.717) is 5.56 Å². The Kier molecular flexibility index (Phi) is 7.08. The van der Waals surface area contributed by atoms with Gasteiger partial charge in [0.25, 0.3) is 5.91 Å². The summed E-state index contributed by atoms with van der Waals surface area (Å²) in [4.78, 5) is 12.7. The average molecular weight is 334 g/mol. The van der Waals surface area contributed by atoms with Crippen LogP contribution in [0.25, 0.3) is 0 Å². The quantitative estimate of drug-likeness (QED) is 0.615. The molecule has 17 heavy (non-hydrogen) atoms. The van der Waals surface area contributed by atoms with Gasteiger partial charge in [-0.05, 0) is 52.1 Å². The van der Waals surface area contributed by atoms with E-state index >= 15 is 0 Å². The normalized spacial score (nSPS) is 10.3. The summed E-state index contributed by atoms with van der Waals surface area (Å²) in [6.45, 7) is 2.85. The van der Waals surface area contributed by atoms with E-state index in [4.69, 9.17) is 0 Å². The van der Waals surface area contributed by atoms with Crippen molar-refractivity contribution in [2.45, 2.75) is 18.2 Å². The zero-order valence-electron chi connectivity index (χ0n) is 9.70. The Bertz CT molecular complexity index is 385. The number of nitrogens with one attached hydrogen (secondary N) is 1. The minimum absolute atomic E-state index is 0.0470. The van der Waals surface area contributed by atoms with Crippen molar-refractivity contribution in [2.75, 3.05) is 18.1 Å². The molecule has 0 heterocycles. The Hall–Kier alpha value is -0.130. The molecule has 0 spiro atoms. The summed E-state index contributed by atoms with van der Waals surface area (Å²) in [6, 6.07) is 5.45. The molecule has 0 radical (unpaired) electrons. The smallest absolute Gasteiger partial charge is 0.252 e. The third kappa shape index (κ3) is 5.36. The van der Waals surface area contributed by atoms with Crippen LogP contribution in [-0.2, 0) is 0 Å². The van der Waals surface area contributed by atoms with Gasteiger partial charge >= 0.3 is 0 Å². The Morgan fingerprint density at radius 3 is 3.00 bits per heavy atom. The Balaban J connectivity index is 2.44. The van der Waals surface area contributed by atoms with Crippen molar-refractivity contribution in [3.05, 3.63) is 28.2 Å². The SMILES string of the molecule is CCSCCCNC(=O)c1cc(S)ccc1Br. The molecule has 5 heteroatoms. The number of amides is 1. The molecule has 2 nitrogen and oxygen atoms in total. The number of carbonyl (C=O) groups excluding carboxylic acids is 1. The predicted octanol–water partition coefficient (Wildman–Crippen LogP) is 3.61. The van der Waals surface area contributed by atoms with Gasteiger partial charge in [0, 0.05) is 15.9 Å². The average Bonchev–Trinajstić information content (AvgIpc) is 2.32. The molecule has 0 aliphatic carbocycles. The van der Waals surface area contributed by atoms with Crippen LogP contribution in [0, 0.1) is 0 Å². The fraction of sp³-hybridized carbons (Fsp3) is 0.417. The van der Waals surface area contributed by atoms with Gasteiger partial charge in [-0.2, -0.15) is 11.8 Å². The number of benzene rings is 1. The van der Waals surface area contributed by atoms with Gasteiger partial charge in [0.2, 0.25) is 0 Å². The highest BCUT2D eigenvalue weighted by molar-refractivity contribution is 9.10. The lowest BCUT2D eigenvalue weighted by molar-refractivity contribution is 0.0953. The molecule has 1 aromatic rings. The van der Waals surface area contributed by atoms with Gasteiger partial charge in [-0.1, -0.05) is 6.92 Å². The second kappa shape index (κ2) is 8.06. The number of rotatable bonds is 6. The van der Waals surface area contributed by atoms with Crippen molar-refractivity contribution in [2.24, 2.45) is 0 Å². The second-order valence-electron chi connectivity index (χ2n) is 3.47. The van der Waals surface area contributed by atoms with Crippen LogP contribution in [0.2, 0.25) is 0 Å². The number of hydrogen-bond acceptors (Lipinski definition) is 3. The molecule has 0 bridgehead atoms. The van der Waals surface area contributed by atoms with Crippen molar-refractivity contribution in [1.82, 2.24) is 5.32 Å². The minimum Gasteiger partial charge on any atom is -0.352 e. The first kappa shape index (κ1) is 14.9. The standard InChI is InChI=1S/C12H16BrNOS2/c1-2-17-7-3-6-14-12(15)10-8-9(16)4-5-11(10)13/h4-5,8,16H,2-3,6-7H2,1H3,(H,14,15). The van der Waals surface area contributed by atoms with Crippen molar-refractivity contribution in [1.29, 1.82) is 0 Å². The monoisotopic (exact) mass is 333 g/mol. The van der Waals surface area contributed by atoms with E-state index in [0.717, 1.165) is 33.8 Å². The van der Waals surface area contributed by atoms with Gasteiger partial charge in [-0.25, -0.2) is 0 Å². The molecule has 94 valence electrons. The summed E-state index contributed by atoms with van der Waals surface area (Å²) in [7, 11) is 0. The lowest BCUT2D eigenvalue weighted by Gasteiger charge is -2.07. The number of thioether (sulfide) groups is 1. The Morgan fingerprint density at radius 1 is 1.53 bits per heavy atom. The molecule has 0 saturated heterocycles. The first-order valence-corrected chi connectivity index (χ1v) is 7.89. The maximum absolute atomic E-state index is 11.9. The van der Waals surface area contributed by atoms with E-state index < -0.39 is 0 Å². The molecular weight excluding hydrogens is 318 g/mol. The van der Waals surface area contributed by atoms with Gasteiger partial charge in [-0.15, -0.1) is 12.6 Å². The van der Waals surface area contributed by atoms with Crippen LogP contribution in [-0.4, -0.2) is 24.0 Å². The fourth-order valence-corrected chi connectivity index (χ4v) is 2.57. The second-order valence-corrected chi connectivity index (χ2v) is 6.24. The number of thiol groups is 1. The highest BCUT2D eigenvalue weighted by Crippen LogP contribution is 2.20. The number of hydrogen-bond donors (Lipinski definition) is 2. The molecule has 0 aliphatic rings. The lowest BCUT2D eigenvalue weighted by Crippen LogP contribution is -2.25. The van der Waals surface area contributed by atoms with Crippen LogP contribution in [0.5, 0.6) is 0 Å². The van der Waals surface area contributed by atoms with Crippen LogP contribution >= 0.6 is 40.3 Å². The summed E-state index contributed by atoms with van der Waals surface area (Å²) in [5.74, 6) is 2.17. The van der Waals surface area contributed by atoms with E-state index in [9.17, 15) is 4.79 Å². The minimum atomic E-state index is -0.0470. The third-order valence-electron chi connectivity index (χ3n) is 2.15. The largest absolute Gasteiger partial charge is 0.352 e. The van der Waals surface area contributed by atoms with Gasteiger partial charge in [-0.3, -0.25) is 4.79 Å². The highest BCUT2D eigenvalue weighted by atomic mass is 79.9. The van der Waals surface area contributed by atoms with Crippen LogP contribution < -0.4 is 5.32 Å². The Morgan fingerprint density at radius 2 is 2.29 bits per heavy atom. The molecule has 0 fully saturated rings. The molecule has 0 aromatic heterocycles. The Labute approximate surface area is 120 Å². The molecule has 1 aromatic carbocycles. The molecule has 1 rings (SSSR count). The van der Waals surface area contributed by atoms with Gasteiger partial charge in [0.05, 0.1) is 5.56 Å². The molecule has 1 amide bonds. The molecule has 0 unspecified atom stereocenters. The van der Waals surface area contributed by atoms with Crippen molar-refractivity contribution >= 4 is 46.2 Å². The summed E-state index contributed by atoms with van der Waals surface area (Å²) in [6.07, 6.45) is 1.00. The molecule has 1 N–H and O–H groups in total.